The number of benzene rings is 1. The van der Waals surface area contributed by atoms with Gasteiger partial charge in [-0.3, -0.25) is 0 Å². The van der Waals surface area contributed by atoms with E-state index in [0.29, 0.717) is 5.56 Å². The lowest BCUT2D eigenvalue weighted by molar-refractivity contribution is 0.0699. The van der Waals surface area contributed by atoms with Gasteiger partial charge in [-0.15, -0.1) is 0 Å². The Bertz CT molecular complexity index is 845. The molecule has 0 spiro atoms. The molecule has 21 heavy (non-hydrogen) atoms. The number of nitrogens with zero attached hydrogens (tertiary/aromatic N) is 3. The van der Waals surface area contributed by atoms with Gasteiger partial charge < -0.3 is 10.2 Å². The van der Waals surface area contributed by atoms with Crippen molar-refractivity contribution in [2.45, 2.75) is 6.61 Å². The second kappa shape index (κ2) is 4.95. The summed E-state index contributed by atoms with van der Waals surface area (Å²) in [6.45, 7) is -0.296. The number of hydrogen-bond acceptors (Lipinski definition) is 4. The Labute approximate surface area is 118 Å². The van der Waals surface area contributed by atoms with Crippen LogP contribution in [-0.4, -0.2) is 30.8 Å². The van der Waals surface area contributed by atoms with E-state index in [9.17, 15) is 14.3 Å². The maximum Gasteiger partial charge on any atom is 0.341 e. The van der Waals surface area contributed by atoms with Crippen molar-refractivity contribution in [3.05, 3.63) is 53.6 Å². The average Bonchev–Trinajstić information content (AvgIpc) is 2.86. The highest BCUT2D eigenvalue weighted by Gasteiger charge is 2.23. The third kappa shape index (κ3) is 2.13. The van der Waals surface area contributed by atoms with Crippen molar-refractivity contribution in [1.82, 2.24) is 14.6 Å². The number of hydrogen-bond donors (Lipinski definition) is 2. The Morgan fingerprint density at radius 2 is 2.19 bits per heavy atom. The molecule has 0 saturated carbocycles. The standard InChI is InChI=1S/C14H10FN3O3/c15-10-6-8(7-19)2-3-9(10)12-11(14(20)21)13-16-4-1-5-18(13)17-12/h1-6,19H,7H2,(H,20,21). The molecule has 0 saturated heterocycles. The summed E-state index contributed by atoms with van der Waals surface area (Å²) in [6.07, 6.45) is 2.98. The Kier molecular flexibility index (Phi) is 3.11. The molecule has 3 rings (SSSR count). The molecule has 106 valence electrons. The number of rotatable bonds is 3. The summed E-state index contributed by atoms with van der Waals surface area (Å²) in [5.74, 6) is -1.88. The number of carbonyl (C=O) groups is 1. The van der Waals surface area contributed by atoms with Crippen LogP contribution >= 0.6 is 0 Å². The number of aromatic nitrogens is 3. The molecule has 7 heteroatoms. The van der Waals surface area contributed by atoms with Crippen LogP contribution in [0.4, 0.5) is 4.39 Å². The van der Waals surface area contributed by atoms with E-state index in [2.05, 4.69) is 10.1 Å². The lowest BCUT2D eigenvalue weighted by Gasteiger charge is -2.03. The van der Waals surface area contributed by atoms with E-state index in [1.165, 1.54) is 29.0 Å². The van der Waals surface area contributed by atoms with Gasteiger partial charge in [0.25, 0.3) is 0 Å². The van der Waals surface area contributed by atoms with Gasteiger partial charge in [-0.2, -0.15) is 5.10 Å². The maximum absolute atomic E-state index is 14.1. The fourth-order valence-corrected chi connectivity index (χ4v) is 2.12. The van der Waals surface area contributed by atoms with Crippen molar-refractivity contribution in [3.63, 3.8) is 0 Å². The number of aliphatic hydroxyl groups is 1. The van der Waals surface area contributed by atoms with Gasteiger partial charge in [0, 0.05) is 18.0 Å². The number of carboxylic acid groups (broad SMARTS) is 1. The molecule has 0 aliphatic carbocycles. The molecule has 0 atom stereocenters. The minimum Gasteiger partial charge on any atom is -0.477 e. The number of carboxylic acids is 1. The Morgan fingerprint density at radius 3 is 2.86 bits per heavy atom. The van der Waals surface area contributed by atoms with Crippen molar-refractivity contribution < 1.29 is 19.4 Å². The van der Waals surface area contributed by atoms with E-state index in [1.807, 2.05) is 0 Å². The molecule has 0 fully saturated rings. The third-order valence-electron chi connectivity index (χ3n) is 3.08. The van der Waals surface area contributed by atoms with Crippen LogP contribution < -0.4 is 0 Å². The normalized spacial score (nSPS) is 11.0. The average molecular weight is 287 g/mol. The molecule has 0 radical (unpaired) electrons. The predicted molar refractivity (Wildman–Crippen MR) is 71.3 cm³/mol. The fraction of sp³-hybridized carbons (Fsp3) is 0.0714. The Balaban J connectivity index is 2.29. The largest absolute Gasteiger partial charge is 0.477 e. The summed E-state index contributed by atoms with van der Waals surface area (Å²) < 4.78 is 15.4. The van der Waals surface area contributed by atoms with Crippen LogP contribution in [0, 0.1) is 5.82 Å². The zero-order valence-electron chi connectivity index (χ0n) is 10.7. The first-order valence-electron chi connectivity index (χ1n) is 6.08. The van der Waals surface area contributed by atoms with Crippen LogP contribution in [0.1, 0.15) is 15.9 Å². The quantitative estimate of drug-likeness (QED) is 0.766. The molecule has 2 aromatic heterocycles. The summed E-state index contributed by atoms with van der Waals surface area (Å²) in [6, 6.07) is 5.66. The molecule has 6 nitrogen and oxygen atoms in total. The van der Waals surface area contributed by atoms with Crippen molar-refractivity contribution in [2.24, 2.45) is 0 Å². The molecule has 0 aliphatic heterocycles. The smallest absolute Gasteiger partial charge is 0.341 e. The molecule has 0 unspecified atom stereocenters. The summed E-state index contributed by atoms with van der Waals surface area (Å²) in [5, 5.41) is 22.4. The van der Waals surface area contributed by atoms with E-state index < -0.39 is 11.8 Å². The van der Waals surface area contributed by atoms with E-state index >= 15 is 0 Å². The fourth-order valence-electron chi connectivity index (χ4n) is 2.12. The molecule has 2 N–H and O–H groups in total. The SMILES string of the molecule is O=C(O)c1c(-c2ccc(CO)cc2F)nn2cccnc12. The second-order valence-electron chi connectivity index (χ2n) is 4.39. The topological polar surface area (TPSA) is 87.7 Å². The Hall–Kier alpha value is -2.80. The molecular weight excluding hydrogens is 277 g/mol. The van der Waals surface area contributed by atoms with Crippen molar-refractivity contribution >= 4 is 11.6 Å². The molecule has 3 aromatic rings. The zero-order chi connectivity index (χ0) is 15.0. The van der Waals surface area contributed by atoms with E-state index in [-0.39, 0.29) is 29.1 Å². The van der Waals surface area contributed by atoms with Crippen LogP contribution in [0.2, 0.25) is 0 Å². The van der Waals surface area contributed by atoms with Crippen molar-refractivity contribution in [2.75, 3.05) is 0 Å². The van der Waals surface area contributed by atoms with Crippen LogP contribution in [0.15, 0.2) is 36.7 Å². The van der Waals surface area contributed by atoms with Crippen LogP contribution in [-0.2, 0) is 6.61 Å². The third-order valence-corrected chi connectivity index (χ3v) is 3.08. The summed E-state index contributed by atoms with van der Waals surface area (Å²) in [4.78, 5) is 15.4. The number of aromatic carboxylic acids is 1. The molecule has 2 heterocycles. The summed E-state index contributed by atoms with van der Waals surface area (Å²) in [7, 11) is 0. The molecule has 0 aliphatic rings. The van der Waals surface area contributed by atoms with Gasteiger partial charge in [-0.1, -0.05) is 6.07 Å². The van der Waals surface area contributed by atoms with Gasteiger partial charge in [-0.05, 0) is 23.8 Å². The van der Waals surface area contributed by atoms with Gasteiger partial charge in [0.1, 0.15) is 17.1 Å². The van der Waals surface area contributed by atoms with Gasteiger partial charge >= 0.3 is 5.97 Å². The number of halogens is 1. The monoisotopic (exact) mass is 287 g/mol. The van der Waals surface area contributed by atoms with E-state index in [1.54, 1.807) is 6.07 Å². The maximum atomic E-state index is 14.1. The second-order valence-corrected chi connectivity index (χ2v) is 4.39. The molecule has 0 bridgehead atoms. The van der Waals surface area contributed by atoms with Crippen LogP contribution in [0.25, 0.3) is 16.9 Å². The lowest BCUT2D eigenvalue weighted by Crippen LogP contribution is -2.00. The van der Waals surface area contributed by atoms with Gasteiger partial charge in [-0.25, -0.2) is 18.7 Å². The highest BCUT2D eigenvalue weighted by Crippen LogP contribution is 2.28. The Morgan fingerprint density at radius 1 is 1.38 bits per heavy atom. The highest BCUT2D eigenvalue weighted by atomic mass is 19.1. The van der Waals surface area contributed by atoms with E-state index in [4.69, 9.17) is 5.11 Å². The van der Waals surface area contributed by atoms with Crippen molar-refractivity contribution in [1.29, 1.82) is 0 Å². The van der Waals surface area contributed by atoms with Crippen LogP contribution in [0.5, 0.6) is 0 Å². The highest BCUT2D eigenvalue weighted by molar-refractivity contribution is 6.01. The van der Waals surface area contributed by atoms with Gasteiger partial charge in [0.15, 0.2) is 5.65 Å². The minimum absolute atomic E-state index is 0.00295. The number of aliphatic hydroxyl groups excluding tert-OH is 1. The summed E-state index contributed by atoms with van der Waals surface area (Å²) in [5.41, 5.74) is 0.435. The van der Waals surface area contributed by atoms with E-state index in [0.717, 1.165) is 6.07 Å². The predicted octanol–water partition coefficient (Wildman–Crippen LogP) is 1.73. The first kappa shape index (κ1) is 13.2. The minimum atomic E-state index is -1.23. The molecule has 1 aromatic carbocycles. The number of fused-ring (bicyclic) bond motifs is 1. The molecular formula is C14H10FN3O3. The summed E-state index contributed by atoms with van der Waals surface area (Å²) >= 11 is 0. The zero-order valence-corrected chi connectivity index (χ0v) is 10.7. The van der Waals surface area contributed by atoms with Crippen molar-refractivity contribution in [3.8, 4) is 11.3 Å². The van der Waals surface area contributed by atoms with Gasteiger partial charge in [0.2, 0.25) is 0 Å². The van der Waals surface area contributed by atoms with Gasteiger partial charge in [0.05, 0.1) is 6.61 Å². The van der Waals surface area contributed by atoms with Crippen LogP contribution in [0.3, 0.4) is 0 Å². The first-order chi connectivity index (χ1) is 10.1. The first-order valence-corrected chi connectivity index (χ1v) is 6.08. The molecule has 0 amide bonds. The lowest BCUT2D eigenvalue weighted by atomic mass is 10.1.